The fraction of sp³-hybridized carbons (Fsp3) is 0.208. The molecule has 1 aliphatic rings. The molecule has 1 aromatic heterocycles. The number of benzene rings is 2. The van der Waals surface area contributed by atoms with Crippen LogP contribution >= 0.6 is 0 Å². The zero-order valence-electron chi connectivity index (χ0n) is 18.9. The summed E-state index contributed by atoms with van der Waals surface area (Å²) in [6, 6.07) is 13.5. The zero-order valence-corrected chi connectivity index (χ0v) is 18.9. The number of carbonyl (C=O) groups is 1. The lowest BCUT2D eigenvalue weighted by Gasteiger charge is -2.34. The van der Waals surface area contributed by atoms with E-state index >= 15 is 0 Å². The third kappa shape index (κ3) is 4.32. The van der Waals surface area contributed by atoms with Crippen LogP contribution in [0.3, 0.4) is 0 Å². The molecule has 1 amide bonds. The van der Waals surface area contributed by atoms with Crippen molar-refractivity contribution >= 4 is 17.7 Å². The number of fused-ring (bicyclic) bond motifs is 1. The molecule has 4 rings (SSSR count). The number of carboxylic acid groups (broad SMARTS) is 1. The van der Waals surface area contributed by atoms with Crippen LogP contribution in [0.25, 0.3) is 0 Å². The van der Waals surface area contributed by atoms with Crippen molar-refractivity contribution in [2.75, 3.05) is 4.90 Å². The van der Waals surface area contributed by atoms with Crippen molar-refractivity contribution in [3.63, 3.8) is 0 Å². The van der Waals surface area contributed by atoms with Crippen molar-refractivity contribution in [2.24, 2.45) is 0 Å². The SMILES string of the molecule is CC1=C(C#N)[C@@H](c2ccc(C#N)cc2)n2nc(C(C)NC(=O)O)nc2N1c1cccc(C(F)(F)F)c1. The van der Waals surface area contributed by atoms with Gasteiger partial charge in [0.2, 0.25) is 5.95 Å². The van der Waals surface area contributed by atoms with Gasteiger partial charge >= 0.3 is 12.3 Å². The van der Waals surface area contributed by atoms with Gasteiger partial charge in [0.25, 0.3) is 0 Å². The standard InChI is InChI=1S/C24H18F3N7O2/c1-13(30-23(35)36)21-31-22-33(18-5-3-4-17(10-18)24(25,26)27)14(2)19(12-29)20(34(22)32-21)16-8-6-15(11-28)7-9-16/h3-10,13,20,30H,1-2H3,(H,35,36)/t13?,20-/m1/s1. The molecule has 0 fully saturated rings. The van der Waals surface area contributed by atoms with Crippen LogP contribution in [0, 0.1) is 22.7 Å². The van der Waals surface area contributed by atoms with E-state index < -0.39 is 29.9 Å². The van der Waals surface area contributed by atoms with E-state index in [-0.39, 0.29) is 23.0 Å². The van der Waals surface area contributed by atoms with Gasteiger partial charge in [-0.25, -0.2) is 9.48 Å². The van der Waals surface area contributed by atoms with Gasteiger partial charge in [0.15, 0.2) is 5.82 Å². The highest BCUT2D eigenvalue weighted by Gasteiger charge is 2.38. The van der Waals surface area contributed by atoms with Crippen molar-refractivity contribution in [1.82, 2.24) is 20.1 Å². The molecule has 2 heterocycles. The molecule has 0 spiro atoms. The van der Waals surface area contributed by atoms with Crippen LogP contribution in [0.2, 0.25) is 0 Å². The number of hydrogen-bond donors (Lipinski definition) is 2. The molecule has 1 aliphatic heterocycles. The molecule has 2 N–H and O–H groups in total. The molecular weight excluding hydrogens is 475 g/mol. The summed E-state index contributed by atoms with van der Waals surface area (Å²) < 4.78 is 41.7. The highest BCUT2D eigenvalue weighted by Crippen LogP contribution is 2.43. The molecule has 1 unspecified atom stereocenters. The van der Waals surface area contributed by atoms with E-state index in [2.05, 4.69) is 21.5 Å². The summed E-state index contributed by atoms with van der Waals surface area (Å²) in [4.78, 5) is 17.0. The van der Waals surface area contributed by atoms with E-state index in [0.29, 0.717) is 16.8 Å². The van der Waals surface area contributed by atoms with Gasteiger partial charge in [-0.3, -0.25) is 4.90 Å². The molecule has 3 aromatic rings. The number of anilines is 2. The Hall–Kier alpha value is -4.84. The maximum absolute atomic E-state index is 13.4. The van der Waals surface area contributed by atoms with Gasteiger partial charge < -0.3 is 10.4 Å². The van der Waals surface area contributed by atoms with Crippen LogP contribution in [-0.2, 0) is 6.18 Å². The van der Waals surface area contributed by atoms with E-state index in [9.17, 15) is 23.2 Å². The Morgan fingerprint density at radius 3 is 2.44 bits per heavy atom. The van der Waals surface area contributed by atoms with Crippen molar-refractivity contribution in [2.45, 2.75) is 32.1 Å². The number of aromatic nitrogens is 3. The van der Waals surface area contributed by atoms with E-state index in [0.717, 1.165) is 12.1 Å². The number of nitrogens with zero attached hydrogens (tertiary/aromatic N) is 6. The molecule has 0 saturated carbocycles. The predicted molar refractivity (Wildman–Crippen MR) is 121 cm³/mol. The molecule has 182 valence electrons. The Balaban J connectivity index is 1.95. The summed E-state index contributed by atoms with van der Waals surface area (Å²) in [5, 5.41) is 35.0. The van der Waals surface area contributed by atoms with Crippen LogP contribution in [0.4, 0.5) is 29.6 Å². The second kappa shape index (κ2) is 9.07. The summed E-state index contributed by atoms with van der Waals surface area (Å²) in [5.74, 6) is 0.171. The van der Waals surface area contributed by atoms with Crippen molar-refractivity contribution < 1.29 is 23.1 Å². The summed E-state index contributed by atoms with van der Waals surface area (Å²) in [6.45, 7) is 3.11. The first-order chi connectivity index (χ1) is 17.0. The molecule has 0 saturated heterocycles. The Labute approximate surface area is 203 Å². The van der Waals surface area contributed by atoms with Crippen LogP contribution < -0.4 is 10.2 Å². The van der Waals surface area contributed by atoms with Crippen LogP contribution in [0.15, 0.2) is 59.8 Å². The molecule has 0 aliphatic carbocycles. The molecule has 12 heteroatoms. The second-order valence-electron chi connectivity index (χ2n) is 8.02. The van der Waals surface area contributed by atoms with Crippen LogP contribution in [0.1, 0.15) is 48.4 Å². The van der Waals surface area contributed by atoms with Gasteiger partial charge in [-0.1, -0.05) is 18.2 Å². The smallest absolute Gasteiger partial charge is 0.416 e. The van der Waals surface area contributed by atoms with Gasteiger partial charge in [-0.15, -0.1) is 0 Å². The summed E-state index contributed by atoms with van der Waals surface area (Å²) >= 11 is 0. The lowest BCUT2D eigenvalue weighted by molar-refractivity contribution is -0.137. The largest absolute Gasteiger partial charge is 0.465 e. The van der Waals surface area contributed by atoms with E-state index in [1.165, 1.54) is 28.6 Å². The van der Waals surface area contributed by atoms with Crippen molar-refractivity contribution in [3.8, 4) is 12.1 Å². The number of amides is 1. The number of nitrogens with one attached hydrogen (secondary N) is 1. The summed E-state index contributed by atoms with van der Waals surface area (Å²) in [5.41, 5.74) is 0.736. The summed E-state index contributed by atoms with van der Waals surface area (Å²) in [7, 11) is 0. The Bertz CT molecular complexity index is 1450. The normalized spacial score (nSPS) is 16.1. The topological polar surface area (TPSA) is 131 Å². The van der Waals surface area contributed by atoms with Gasteiger partial charge in [0.1, 0.15) is 6.04 Å². The predicted octanol–water partition coefficient (Wildman–Crippen LogP) is 5.04. The Morgan fingerprint density at radius 2 is 1.86 bits per heavy atom. The minimum Gasteiger partial charge on any atom is -0.465 e. The molecular formula is C24H18F3N7O2. The lowest BCUT2D eigenvalue weighted by Crippen LogP contribution is -2.31. The minimum absolute atomic E-state index is 0.0648. The molecule has 0 radical (unpaired) electrons. The number of halogens is 3. The molecule has 9 nitrogen and oxygen atoms in total. The van der Waals surface area contributed by atoms with Crippen LogP contribution in [-0.4, -0.2) is 26.0 Å². The molecule has 36 heavy (non-hydrogen) atoms. The summed E-state index contributed by atoms with van der Waals surface area (Å²) in [6.07, 6.45) is -5.90. The van der Waals surface area contributed by atoms with E-state index in [4.69, 9.17) is 10.4 Å². The average Bonchev–Trinajstić information content (AvgIpc) is 3.27. The van der Waals surface area contributed by atoms with Crippen molar-refractivity contribution in [1.29, 1.82) is 10.5 Å². The highest BCUT2D eigenvalue weighted by molar-refractivity contribution is 5.69. The quantitative estimate of drug-likeness (QED) is 0.521. The van der Waals surface area contributed by atoms with Gasteiger partial charge in [-0.2, -0.15) is 33.8 Å². The minimum atomic E-state index is -4.59. The van der Waals surface area contributed by atoms with Gasteiger partial charge in [0, 0.05) is 11.4 Å². The lowest BCUT2D eigenvalue weighted by atomic mass is 9.95. The first kappa shape index (κ1) is 24.3. The first-order valence-corrected chi connectivity index (χ1v) is 10.6. The number of allylic oxidation sites excluding steroid dienone is 2. The Morgan fingerprint density at radius 1 is 1.17 bits per heavy atom. The van der Waals surface area contributed by atoms with E-state index in [1.807, 2.05) is 6.07 Å². The van der Waals surface area contributed by atoms with Gasteiger partial charge in [0.05, 0.1) is 34.9 Å². The maximum Gasteiger partial charge on any atom is 0.416 e. The number of hydrogen-bond acceptors (Lipinski definition) is 6. The first-order valence-electron chi connectivity index (χ1n) is 10.6. The second-order valence-corrected chi connectivity index (χ2v) is 8.02. The number of alkyl halides is 3. The Kier molecular flexibility index (Phi) is 6.12. The highest BCUT2D eigenvalue weighted by atomic mass is 19.4. The maximum atomic E-state index is 13.4. The third-order valence-electron chi connectivity index (χ3n) is 5.71. The molecule has 2 atom stereocenters. The fourth-order valence-electron chi connectivity index (χ4n) is 4.00. The number of rotatable bonds is 4. The third-order valence-corrected chi connectivity index (χ3v) is 5.71. The fourth-order valence-corrected chi connectivity index (χ4v) is 4.00. The monoisotopic (exact) mass is 493 g/mol. The zero-order chi connectivity index (χ0) is 26.2. The molecule has 2 aromatic carbocycles. The molecule has 0 bridgehead atoms. The van der Waals surface area contributed by atoms with Crippen molar-refractivity contribution in [3.05, 3.63) is 82.3 Å². The average molecular weight is 493 g/mol. The number of nitriles is 2. The van der Waals surface area contributed by atoms with E-state index in [1.54, 1.807) is 31.2 Å². The van der Waals surface area contributed by atoms with Gasteiger partial charge in [-0.05, 0) is 49.7 Å². The van der Waals surface area contributed by atoms with Crippen LogP contribution in [0.5, 0.6) is 0 Å².